The molecule has 142 valence electrons. The van der Waals surface area contributed by atoms with Crippen molar-refractivity contribution in [2.24, 2.45) is 0 Å². The molecule has 3 rings (SSSR count). The van der Waals surface area contributed by atoms with E-state index in [-0.39, 0.29) is 18.4 Å². The maximum absolute atomic E-state index is 12.9. The van der Waals surface area contributed by atoms with E-state index in [0.717, 1.165) is 36.6 Å². The van der Waals surface area contributed by atoms with Gasteiger partial charge < -0.3 is 14.7 Å². The fourth-order valence-corrected chi connectivity index (χ4v) is 3.63. The molecule has 0 aliphatic carbocycles. The average molecular weight is 365 g/mol. The number of para-hydroxylation sites is 1. The van der Waals surface area contributed by atoms with E-state index in [1.54, 1.807) is 9.80 Å². The standard InChI is InChI=1S/C22H27N3O2/c1-4-23(5-2)19-10-12-20(13-11-19)25(17(3)26)16-22(27)24-15-14-18-8-6-7-9-21(18)24/h6-13H,4-5,14-16H2,1-3H3. The van der Waals surface area contributed by atoms with Crippen LogP contribution in [-0.4, -0.2) is 38.0 Å². The van der Waals surface area contributed by atoms with Crippen LogP contribution in [0.5, 0.6) is 0 Å². The van der Waals surface area contributed by atoms with E-state index in [1.165, 1.54) is 12.5 Å². The highest BCUT2D eigenvalue weighted by Gasteiger charge is 2.26. The molecule has 2 aromatic rings. The van der Waals surface area contributed by atoms with Crippen molar-refractivity contribution in [1.29, 1.82) is 0 Å². The number of benzene rings is 2. The summed E-state index contributed by atoms with van der Waals surface area (Å²) < 4.78 is 0. The molecule has 2 aromatic carbocycles. The lowest BCUT2D eigenvalue weighted by molar-refractivity contribution is -0.121. The van der Waals surface area contributed by atoms with Gasteiger partial charge in [-0.2, -0.15) is 0 Å². The minimum atomic E-state index is -0.133. The fraction of sp³-hybridized carbons (Fsp3) is 0.364. The molecule has 0 aromatic heterocycles. The maximum atomic E-state index is 12.9. The quantitative estimate of drug-likeness (QED) is 0.787. The Balaban J connectivity index is 1.77. The Morgan fingerprint density at radius 3 is 2.22 bits per heavy atom. The summed E-state index contributed by atoms with van der Waals surface area (Å²) in [6.45, 7) is 8.32. The number of amides is 2. The van der Waals surface area contributed by atoms with Gasteiger partial charge in [-0.3, -0.25) is 9.59 Å². The smallest absolute Gasteiger partial charge is 0.247 e. The van der Waals surface area contributed by atoms with Crippen molar-refractivity contribution in [3.8, 4) is 0 Å². The van der Waals surface area contributed by atoms with E-state index in [4.69, 9.17) is 0 Å². The molecule has 5 heteroatoms. The van der Waals surface area contributed by atoms with Crippen molar-refractivity contribution in [2.75, 3.05) is 40.9 Å². The zero-order valence-corrected chi connectivity index (χ0v) is 16.3. The van der Waals surface area contributed by atoms with Crippen LogP contribution in [0.25, 0.3) is 0 Å². The number of rotatable bonds is 6. The monoisotopic (exact) mass is 365 g/mol. The Morgan fingerprint density at radius 1 is 0.963 bits per heavy atom. The summed E-state index contributed by atoms with van der Waals surface area (Å²) in [4.78, 5) is 30.7. The topological polar surface area (TPSA) is 43.9 Å². The Labute approximate surface area is 161 Å². The highest BCUT2D eigenvalue weighted by molar-refractivity contribution is 6.04. The molecule has 1 aliphatic heterocycles. The first-order chi connectivity index (χ1) is 13.0. The molecule has 0 saturated heterocycles. The van der Waals surface area contributed by atoms with Crippen LogP contribution < -0.4 is 14.7 Å². The SMILES string of the molecule is CCN(CC)c1ccc(N(CC(=O)N2CCc3ccccc32)C(C)=O)cc1. The predicted octanol–water partition coefficient (Wildman–Crippen LogP) is 3.48. The summed E-state index contributed by atoms with van der Waals surface area (Å²) >= 11 is 0. The van der Waals surface area contributed by atoms with Gasteiger partial charge in [0.15, 0.2) is 0 Å². The first-order valence-electron chi connectivity index (χ1n) is 9.56. The van der Waals surface area contributed by atoms with Crippen LogP contribution in [0.3, 0.4) is 0 Å². The van der Waals surface area contributed by atoms with Gasteiger partial charge in [-0.05, 0) is 56.2 Å². The largest absolute Gasteiger partial charge is 0.372 e. The van der Waals surface area contributed by atoms with Gasteiger partial charge >= 0.3 is 0 Å². The number of carbonyl (C=O) groups excluding carboxylic acids is 2. The Bertz CT molecular complexity index is 813. The molecule has 0 unspecified atom stereocenters. The summed E-state index contributed by atoms with van der Waals surface area (Å²) in [5.41, 5.74) is 4.01. The summed E-state index contributed by atoms with van der Waals surface area (Å²) in [6.07, 6.45) is 0.862. The second-order valence-corrected chi connectivity index (χ2v) is 6.72. The van der Waals surface area contributed by atoms with Crippen molar-refractivity contribution >= 4 is 28.9 Å². The maximum Gasteiger partial charge on any atom is 0.247 e. The molecule has 1 aliphatic rings. The number of fused-ring (bicyclic) bond motifs is 1. The number of anilines is 3. The Kier molecular flexibility index (Phi) is 5.79. The Morgan fingerprint density at radius 2 is 1.59 bits per heavy atom. The van der Waals surface area contributed by atoms with Gasteiger partial charge in [-0.25, -0.2) is 0 Å². The zero-order chi connectivity index (χ0) is 19.4. The van der Waals surface area contributed by atoms with Crippen molar-refractivity contribution in [1.82, 2.24) is 0 Å². The molecule has 0 atom stereocenters. The fourth-order valence-electron chi connectivity index (χ4n) is 3.63. The minimum Gasteiger partial charge on any atom is -0.372 e. The lowest BCUT2D eigenvalue weighted by Crippen LogP contribution is -2.41. The second-order valence-electron chi connectivity index (χ2n) is 6.72. The van der Waals surface area contributed by atoms with Crippen LogP contribution in [0.15, 0.2) is 48.5 Å². The first kappa shape index (κ1) is 19.0. The van der Waals surface area contributed by atoms with Crippen molar-refractivity contribution in [2.45, 2.75) is 27.2 Å². The second kappa shape index (κ2) is 8.25. The molecule has 0 bridgehead atoms. The molecule has 27 heavy (non-hydrogen) atoms. The van der Waals surface area contributed by atoms with Crippen molar-refractivity contribution in [3.63, 3.8) is 0 Å². The van der Waals surface area contributed by atoms with Gasteiger partial charge in [-0.15, -0.1) is 0 Å². The number of hydrogen-bond donors (Lipinski definition) is 0. The van der Waals surface area contributed by atoms with Crippen LogP contribution in [0.1, 0.15) is 26.3 Å². The van der Waals surface area contributed by atoms with Crippen LogP contribution in [0.4, 0.5) is 17.1 Å². The normalized spacial score (nSPS) is 12.6. The van der Waals surface area contributed by atoms with Crippen molar-refractivity contribution in [3.05, 3.63) is 54.1 Å². The molecule has 5 nitrogen and oxygen atoms in total. The van der Waals surface area contributed by atoms with E-state index in [0.29, 0.717) is 6.54 Å². The highest BCUT2D eigenvalue weighted by Crippen LogP contribution is 2.28. The lowest BCUT2D eigenvalue weighted by Gasteiger charge is -2.26. The Hall–Kier alpha value is -2.82. The summed E-state index contributed by atoms with van der Waals surface area (Å²) in [5.74, 6) is -0.186. The molecule has 1 heterocycles. The van der Waals surface area contributed by atoms with E-state index >= 15 is 0 Å². The number of carbonyl (C=O) groups is 2. The van der Waals surface area contributed by atoms with E-state index < -0.39 is 0 Å². The first-order valence-corrected chi connectivity index (χ1v) is 9.56. The molecule has 0 saturated carbocycles. The third-order valence-electron chi connectivity index (χ3n) is 5.15. The number of hydrogen-bond acceptors (Lipinski definition) is 3. The van der Waals surface area contributed by atoms with Crippen LogP contribution in [-0.2, 0) is 16.0 Å². The molecule has 2 amide bonds. The summed E-state index contributed by atoms with van der Waals surface area (Å²) in [7, 11) is 0. The summed E-state index contributed by atoms with van der Waals surface area (Å²) in [5, 5.41) is 0. The molecule has 0 N–H and O–H groups in total. The van der Waals surface area contributed by atoms with Gasteiger partial charge in [0.05, 0.1) is 0 Å². The highest BCUT2D eigenvalue weighted by atomic mass is 16.2. The third kappa shape index (κ3) is 3.97. The van der Waals surface area contributed by atoms with Crippen LogP contribution >= 0.6 is 0 Å². The average Bonchev–Trinajstić information content (AvgIpc) is 3.11. The van der Waals surface area contributed by atoms with Crippen LogP contribution in [0.2, 0.25) is 0 Å². The van der Waals surface area contributed by atoms with E-state index in [9.17, 15) is 9.59 Å². The van der Waals surface area contributed by atoms with Gasteiger partial charge in [0.1, 0.15) is 6.54 Å². The van der Waals surface area contributed by atoms with Crippen molar-refractivity contribution < 1.29 is 9.59 Å². The summed E-state index contributed by atoms with van der Waals surface area (Å²) in [6, 6.07) is 15.8. The molecular weight excluding hydrogens is 338 g/mol. The van der Waals surface area contributed by atoms with Crippen LogP contribution in [0, 0.1) is 0 Å². The van der Waals surface area contributed by atoms with E-state index in [1.807, 2.05) is 42.5 Å². The molecule has 0 radical (unpaired) electrons. The zero-order valence-electron chi connectivity index (χ0n) is 16.3. The van der Waals surface area contributed by atoms with Gasteiger partial charge in [0.2, 0.25) is 11.8 Å². The lowest BCUT2D eigenvalue weighted by atomic mass is 10.2. The van der Waals surface area contributed by atoms with E-state index in [2.05, 4.69) is 24.8 Å². The molecule has 0 fully saturated rings. The van der Waals surface area contributed by atoms with Gasteiger partial charge in [-0.1, -0.05) is 18.2 Å². The molecular formula is C22H27N3O2. The van der Waals surface area contributed by atoms with Gasteiger partial charge in [0.25, 0.3) is 0 Å². The van der Waals surface area contributed by atoms with Gasteiger partial charge in [0, 0.05) is 43.6 Å². The number of nitrogens with zero attached hydrogens (tertiary/aromatic N) is 3. The molecule has 0 spiro atoms. The predicted molar refractivity (Wildman–Crippen MR) is 111 cm³/mol. The third-order valence-corrected chi connectivity index (χ3v) is 5.15. The minimum absolute atomic E-state index is 0.0499.